The molecule has 0 aromatic carbocycles. The first kappa shape index (κ1) is 24.4. The topological polar surface area (TPSA) is 60.4 Å². The van der Waals surface area contributed by atoms with Crippen LogP contribution in [0.15, 0.2) is 12.2 Å². The zero-order valence-corrected chi connectivity index (χ0v) is 16.7. The fraction of sp³-hybridized carbons (Fsp3) is 0.833. The van der Waals surface area contributed by atoms with Crippen molar-refractivity contribution < 1.29 is 44.6 Å². The molecular formula is C18H33NaO3. The van der Waals surface area contributed by atoms with Gasteiger partial charge < -0.3 is 15.0 Å². The zero-order chi connectivity index (χ0) is 15.8. The van der Waals surface area contributed by atoms with Crippen molar-refractivity contribution in [3.05, 3.63) is 12.2 Å². The number of unbranched alkanes of at least 4 members (excludes halogenated alkanes) is 9. The summed E-state index contributed by atoms with van der Waals surface area (Å²) in [6.45, 7) is 2.24. The van der Waals surface area contributed by atoms with E-state index in [9.17, 15) is 15.0 Å². The van der Waals surface area contributed by atoms with E-state index in [1.165, 1.54) is 44.9 Å². The Morgan fingerprint density at radius 3 is 2.00 bits per heavy atom. The molecule has 0 saturated heterocycles. The van der Waals surface area contributed by atoms with Crippen molar-refractivity contribution in [2.24, 2.45) is 0 Å². The third kappa shape index (κ3) is 20.2. The van der Waals surface area contributed by atoms with E-state index in [0.717, 1.165) is 25.7 Å². The van der Waals surface area contributed by atoms with Crippen LogP contribution in [0.3, 0.4) is 0 Å². The van der Waals surface area contributed by atoms with Gasteiger partial charge in [0.1, 0.15) is 0 Å². The summed E-state index contributed by atoms with van der Waals surface area (Å²) in [5.41, 5.74) is 0. The minimum atomic E-state index is -1.17. The molecule has 0 aliphatic carbocycles. The van der Waals surface area contributed by atoms with Gasteiger partial charge in [0, 0.05) is 12.4 Å². The molecule has 0 amide bonds. The molecule has 1 unspecified atom stereocenters. The summed E-state index contributed by atoms with van der Waals surface area (Å²) in [4.78, 5) is 10.3. The molecule has 0 radical (unpaired) electrons. The van der Waals surface area contributed by atoms with Crippen molar-refractivity contribution in [1.82, 2.24) is 0 Å². The van der Waals surface area contributed by atoms with Crippen molar-refractivity contribution in [1.29, 1.82) is 0 Å². The van der Waals surface area contributed by atoms with Gasteiger partial charge in [-0.05, 0) is 32.1 Å². The van der Waals surface area contributed by atoms with Crippen molar-refractivity contribution in [2.45, 2.75) is 96.5 Å². The Balaban J connectivity index is 0. The molecule has 0 rings (SSSR count). The Labute approximate surface area is 158 Å². The summed E-state index contributed by atoms with van der Waals surface area (Å²) in [5, 5.41) is 19.6. The van der Waals surface area contributed by atoms with Gasteiger partial charge in [0.05, 0.1) is 6.10 Å². The Morgan fingerprint density at radius 2 is 1.45 bits per heavy atom. The molecule has 3 nitrogen and oxygen atoms in total. The summed E-state index contributed by atoms with van der Waals surface area (Å²) in [6.07, 6.45) is 17.5. The maximum Gasteiger partial charge on any atom is 1.00 e. The van der Waals surface area contributed by atoms with Crippen LogP contribution in [0.2, 0.25) is 0 Å². The van der Waals surface area contributed by atoms with Crippen LogP contribution in [0.1, 0.15) is 90.4 Å². The van der Waals surface area contributed by atoms with Crippen molar-refractivity contribution >= 4 is 5.97 Å². The predicted octanol–water partition coefficient (Wildman–Crippen LogP) is 0.749. The smallest absolute Gasteiger partial charge is 0.550 e. The number of aliphatic hydroxyl groups excluding tert-OH is 1. The molecule has 0 saturated carbocycles. The van der Waals surface area contributed by atoms with Gasteiger partial charge in [-0.1, -0.05) is 64.0 Å². The normalized spacial score (nSPS) is 12.3. The van der Waals surface area contributed by atoms with Crippen molar-refractivity contribution in [3.63, 3.8) is 0 Å². The van der Waals surface area contributed by atoms with Gasteiger partial charge in [0.2, 0.25) is 0 Å². The number of carbonyl (C=O) groups excluding carboxylic acids is 1. The summed E-state index contributed by atoms with van der Waals surface area (Å²) in [7, 11) is 0. The number of carboxylic acids is 1. The average Bonchev–Trinajstić information content (AvgIpc) is 2.43. The van der Waals surface area contributed by atoms with Crippen LogP contribution < -0.4 is 34.7 Å². The number of aliphatic carboxylic acids is 1. The number of aliphatic hydroxyl groups is 1. The van der Waals surface area contributed by atoms with E-state index < -0.39 is 12.1 Å². The third-order valence-corrected chi connectivity index (χ3v) is 3.70. The number of carbonyl (C=O) groups is 1. The Kier molecular flexibility index (Phi) is 21.3. The summed E-state index contributed by atoms with van der Waals surface area (Å²) >= 11 is 0. The first-order chi connectivity index (χ1) is 10.2. The second-order valence-corrected chi connectivity index (χ2v) is 5.90. The molecular weight excluding hydrogens is 287 g/mol. The van der Waals surface area contributed by atoms with Gasteiger partial charge in [-0.3, -0.25) is 0 Å². The van der Waals surface area contributed by atoms with E-state index in [0.29, 0.717) is 6.42 Å². The molecule has 0 bridgehead atoms. The quantitative estimate of drug-likeness (QED) is 0.275. The fourth-order valence-electron chi connectivity index (χ4n) is 2.39. The number of allylic oxidation sites excluding steroid dienone is 2. The second kappa shape index (κ2) is 19.2. The number of hydrogen-bond acceptors (Lipinski definition) is 3. The first-order valence-electron chi connectivity index (χ1n) is 8.69. The molecule has 0 heterocycles. The SMILES string of the molecule is CCCCCCCC/C=C\CCCCCC(O)CC(=O)[O-].[Na+]. The maximum absolute atomic E-state index is 10.3. The van der Waals surface area contributed by atoms with Crippen LogP contribution >= 0.6 is 0 Å². The zero-order valence-electron chi connectivity index (χ0n) is 14.7. The van der Waals surface area contributed by atoms with E-state index in [4.69, 9.17) is 0 Å². The Morgan fingerprint density at radius 1 is 0.955 bits per heavy atom. The van der Waals surface area contributed by atoms with E-state index in [1.54, 1.807) is 0 Å². The van der Waals surface area contributed by atoms with Crippen LogP contribution in [0.4, 0.5) is 0 Å². The molecule has 4 heteroatoms. The second-order valence-electron chi connectivity index (χ2n) is 5.90. The molecule has 0 aliphatic heterocycles. The monoisotopic (exact) mass is 320 g/mol. The standard InChI is InChI=1S/C18H34O3.Na/c1-2-3-4-5-6-7-8-9-10-11-12-13-14-15-17(19)16-18(20)21;/h9-10,17,19H,2-8,11-16H2,1H3,(H,20,21);/q;+1/p-1/b10-9-;. The molecule has 0 aliphatic rings. The largest absolute Gasteiger partial charge is 1.00 e. The molecule has 0 spiro atoms. The number of carboxylic acid groups (broad SMARTS) is 1. The molecule has 1 atom stereocenters. The van der Waals surface area contributed by atoms with Gasteiger partial charge >= 0.3 is 29.6 Å². The van der Waals surface area contributed by atoms with Crippen LogP contribution in [0, 0.1) is 0 Å². The number of rotatable bonds is 15. The molecule has 22 heavy (non-hydrogen) atoms. The van der Waals surface area contributed by atoms with Gasteiger partial charge in [-0.25, -0.2) is 0 Å². The van der Waals surface area contributed by atoms with E-state index >= 15 is 0 Å². The van der Waals surface area contributed by atoms with Crippen LogP contribution in [-0.4, -0.2) is 17.2 Å². The van der Waals surface area contributed by atoms with Gasteiger partial charge in [0.15, 0.2) is 0 Å². The third-order valence-electron chi connectivity index (χ3n) is 3.70. The summed E-state index contributed by atoms with van der Waals surface area (Å²) in [6, 6.07) is 0. The van der Waals surface area contributed by atoms with Gasteiger partial charge in [0.25, 0.3) is 0 Å². The Hall–Kier alpha value is 0.170. The molecule has 1 N–H and O–H groups in total. The van der Waals surface area contributed by atoms with E-state index in [-0.39, 0.29) is 36.0 Å². The van der Waals surface area contributed by atoms with Crippen LogP contribution in [-0.2, 0) is 4.79 Å². The van der Waals surface area contributed by atoms with Crippen molar-refractivity contribution in [3.8, 4) is 0 Å². The van der Waals surface area contributed by atoms with E-state index in [2.05, 4.69) is 19.1 Å². The molecule has 0 fully saturated rings. The Bertz CT molecular complexity index is 267. The van der Waals surface area contributed by atoms with Crippen LogP contribution in [0.25, 0.3) is 0 Å². The number of hydrogen-bond donors (Lipinski definition) is 1. The molecule has 124 valence electrons. The molecule has 0 aromatic rings. The molecule has 0 aromatic heterocycles. The van der Waals surface area contributed by atoms with Gasteiger partial charge in [-0.2, -0.15) is 0 Å². The van der Waals surface area contributed by atoms with Crippen LogP contribution in [0.5, 0.6) is 0 Å². The minimum absolute atomic E-state index is 0. The average molecular weight is 320 g/mol. The maximum atomic E-state index is 10.3. The minimum Gasteiger partial charge on any atom is -0.550 e. The fourth-order valence-corrected chi connectivity index (χ4v) is 2.39. The van der Waals surface area contributed by atoms with Gasteiger partial charge in [-0.15, -0.1) is 0 Å². The predicted molar refractivity (Wildman–Crippen MR) is 85.8 cm³/mol. The van der Waals surface area contributed by atoms with Crippen molar-refractivity contribution in [2.75, 3.05) is 0 Å². The first-order valence-corrected chi connectivity index (χ1v) is 8.69. The summed E-state index contributed by atoms with van der Waals surface area (Å²) < 4.78 is 0. The summed E-state index contributed by atoms with van der Waals surface area (Å²) in [5.74, 6) is -1.17. The van der Waals surface area contributed by atoms with E-state index in [1.807, 2.05) is 0 Å².